The van der Waals surface area contributed by atoms with Gasteiger partial charge in [-0.25, -0.2) is 4.79 Å². The number of thioether (sulfide) groups is 1. The van der Waals surface area contributed by atoms with Gasteiger partial charge in [-0.1, -0.05) is 13.8 Å². The van der Waals surface area contributed by atoms with Crippen LogP contribution < -0.4 is 5.32 Å². The molecule has 2 rings (SSSR count). The average Bonchev–Trinajstić information content (AvgIpc) is 2.59. The molecule has 0 aliphatic carbocycles. The average molecular weight is 243 g/mol. The van der Waals surface area contributed by atoms with Crippen molar-refractivity contribution < 1.29 is 9.90 Å². The zero-order valence-corrected chi connectivity index (χ0v) is 10.2. The summed E-state index contributed by atoms with van der Waals surface area (Å²) in [7, 11) is 0. The summed E-state index contributed by atoms with van der Waals surface area (Å²) in [5, 5.41) is 13.7. The lowest BCUT2D eigenvalue weighted by Gasteiger charge is -2.25. The molecule has 1 unspecified atom stereocenters. The number of hydrogen-bond donors (Lipinski definition) is 2. The van der Waals surface area contributed by atoms with E-state index in [4.69, 9.17) is 5.11 Å². The molecule has 0 saturated carbocycles. The number of aromatic carboxylic acids is 1. The zero-order chi connectivity index (χ0) is 11.0. The minimum Gasteiger partial charge on any atom is -0.477 e. The molecule has 0 aromatic carbocycles. The molecule has 2 N–H and O–H groups in total. The van der Waals surface area contributed by atoms with Crippen LogP contribution in [0.4, 0.5) is 5.00 Å². The molecule has 2 heterocycles. The van der Waals surface area contributed by atoms with Crippen molar-refractivity contribution in [1.29, 1.82) is 0 Å². The third kappa shape index (κ3) is 2.13. The molecule has 1 aliphatic heterocycles. The van der Waals surface area contributed by atoms with Gasteiger partial charge in [0.05, 0.1) is 0 Å². The van der Waals surface area contributed by atoms with Gasteiger partial charge in [-0.05, 0) is 12.0 Å². The number of carboxylic acids is 1. The lowest BCUT2D eigenvalue weighted by atomic mass is 10.1. The summed E-state index contributed by atoms with van der Waals surface area (Å²) in [5.74, 6) is -0.235. The van der Waals surface area contributed by atoms with Crippen molar-refractivity contribution in [3.8, 4) is 0 Å². The van der Waals surface area contributed by atoms with Crippen LogP contribution in [-0.4, -0.2) is 22.9 Å². The van der Waals surface area contributed by atoms with Gasteiger partial charge in [-0.15, -0.1) is 23.1 Å². The quantitative estimate of drug-likeness (QED) is 0.838. The van der Waals surface area contributed by atoms with E-state index in [0.717, 1.165) is 16.4 Å². The van der Waals surface area contributed by atoms with Crippen LogP contribution in [0.3, 0.4) is 0 Å². The van der Waals surface area contributed by atoms with Crippen LogP contribution in [-0.2, 0) is 0 Å². The topological polar surface area (TPSA) is 49.3 Å². The summed E-state index contributed by atoms with van der Waals surface area (Å²) in [6.07, 6.45) is 0. The number of nitrogens with one attached hydrogen (secondary N) is 1. The maximum atomic E-state index is 10.8. The second kappa shape index (κ2) is 4.06. The largest absolute Gasteiger partial charge is 0.477 e. The standard InChI is InChI=1S/C10H13NO2S2/c1-5(2)8-4-11-9-6(14-8)3-7(15-9)10(12)13/h3,5,8,11H,4H2,1-2H3,(H,12,13). The second-order valence-electron chi connectivity index (χ2n) is 3.89. The monoisotopic (exact) mass is 243 g/mol. The molecular formula is C10H13NO2S2. The predicted molar refractivity (Wildman–Crippen MR) is 64.3 cm³/mol. The third-order valence-corrected chi connectivity index (χ3v) is 5.19. The highest BCUT2D eigenvalue weighted by Gasteiger charge is 2.24. The molecule has 1 aromatic heterocycles. The Balaban J connectivity index is 2.23. The molecule has 0 saturated heterocycles. The Kier molecular flexibility index (Phi) is 2.93. The number of thiophene rings is 1. The van der Waals surface area contributed by atoms with Crippen LogP contribution in [0.2, 0.25) is 0 Å². The highest BCUT2D eigenvalue weighted by Crippen LogP contribution is 2.42. The van der Waals surface area contributed by atoms with Crippen molar-refractivity contribution in [2.75, 3.05) is 11.9 Å². The van der Waals surface area contributed by atoms with Crippen LogP contribution in [0.25, 0.3) is 0 Å². The van der Waals surface area contributed by atoms with E-state index in [1.54, 1.807) is 17.8 Å². The van der Waals surface area contributed by atoms with Crippen LogP contribution in [0.1, 0.15) is 23.5 Å². The third-order valence-electron chi connectivity index (χ3n) is 2.39. The second-order valence-corrected chi connectivity index (χ2v) is 6.22. The molecule has 0 amide bonds. The van der Waals surface area contributed by atoms with Gasteiger partial charge in [0.1, 0.15) is 9.88 Å². The first-order valence-corrected chi connectivity index (χ1v) is 6.55. The molecule has 5 heteroatoms. The van der Waals surface area contributed by atoms with Crippen molar-refractivity contribution in [3.05, 3.63) is 10.9 Å². The smallest absolute Gasteiger partial charge is 0.345 e. The Morgan fingerprint density at radius 3 is 3.00 bits per heavy atom. The molecule has 0 fully saturated rings. The molecule has 0 radical (unpaired) electrons. The first kappa shape index (κ1) is 10.8. The summed E-state index contributed by atoms with van der Waals surface area (Å²) in [6, 6.07) is 1.77. The normalized spacial score (nSPS) is 19.8. The zero-order valence-electron chi connectivity index (χ0n) is 8.61. The van der Waals surface area contributed by atoms with Gasteiger partial charge in [0.15, 0.2) is 0 Å². The minimum atomic E-state index is -0.835. The maximum Gasteiger partial charge on any atom is 0.345 e. The van der Waals surface area contributed by atoms with E-state index < -0.39 is 5.97 Å². The van der Waals surface area contributed by atoms with E-state index in [0.29, 0.717) is 16.0 Å². The summed E-state index contributed by atoms with van der Waals surface area (Å²) in [4.78, 5) is 12.3. The molecule has 1 aromatic rings. The number of hydrogen-bond acceptors (Lipinski definition) is 4. The number of anilines is 1. The number of carboxylic acid groups (broad SMARTS) is 1. The Morgan fingerprint density at radius 1 is 1.67 bits per heavy atom. The van der Waals surface area contributed by atoms with E-state index in [9.17, 15) is 4.79 Å². The molecular weight excluding hydrogens is 230 g/mol. The summed E-state index contributed by atoms with van der Waals surface area (Å²) >= 11 is 3.11. The predicted octanol–water partition coefficient (Wildman–Crippen LogP) is 2.99. The minimum absolute atomic E-state index is 0.421. The van der Waals surface area contributed by atoms with Crippen LogP contribution >= 0.6 is 23.1 Å². The van der Waals surface area contributed by atoms with E-state index in [1.165, 1.54) is 11.3 Å². The highest BCUT2D eigenvalue weighted by atomic mass is 32.2. The van der Waals surface area contributed by atoms with Crippen molar-refractivity contribution in [2.24, 2.45) is 5.92 Å². The van der Waals surface area contributed by atoms with Gasteiger partial charge in [0.2, 0.25) is 0 Å². The van der Waals surface area contributed by atoms with Gasteiger partial charge in [0, 0.05) is 16.7 Å². The SMILES string of the molecule is CC(C)C1CNc2sc(C(=O)O)cc2S1. The fourth-order valence-electron chi connectivity index (χ4n) is 1.46. The van der Waals surface area contributed by atoms with Crippen molar-refractivity contribution in [1.82, 2.24) is 0 Å². The van der Waals surface area contributed by atoms with Gasteiger partial charge >= 0.3 is 5.97 Å². The fraction of sp³-hybridized carbons (Fsp3) is 0.500. The molecule has 1 atom stereocenters. The van der Waals surface area contributed by atoms with E-state index in [-0.39, 0.29) is 0 Å². The summed E-state index contributed by atoms with van der Waals surface area (Å²) in [6.45, 7) is 5.30. The molecule has 0 spiro atoms. The molecule has 3 nitrogen and oxygen atoms in total. The Morgan fingerprint density at radius 2 is 2.40 bits per heavy atom. The Hall–Kier alpha value is -0.680. The molecule has 1 aliphatic rings. The van der Waals surface area contributed by atoms with Crippen LogP contribution in [0.15, 0.2) is 11.0 Å². The van der Waals surface area contributed by atoms with Gasteiger partial charge in [-0.3, -0.25) is 0 Å². The lowest BCUT2D eigenvalue weighted by molar-refractivity contribution is 0.0702. The fourth-order valence-corrected chi connectivity index (χ4v) is 3.73. The first-order chi connectivity index (χ1) is 7.08. The van der Waals surface area contributed by atoms with Crippen molar-refractivity contribution in [3.63, 3.8) is 0 Å². The molecule has 15 heavy (non-hydrogen) atoms. The van der Waals surface area contributed by atoms with Crippen molar-refractivity contribution >= 4 is 34.1 Å². The lowest BCUT2D eigenvalue weighted by Crippen LogP contribution is -2.24. The first-order valence-electron chi connectivity index (χ1n) is 4.85. The van der Waals surface area contributed by atoms with Gasteiger partial charge in [0.25, 0.3) is 0 Å². The van der Waals surface area contributed by atoms with Gasteiger partial charge in [-0.2, -0.15) is 0 Å². The summed E-state index contributed by atoms with van der Waals surface area (Å²) in [5.41, 5.74) is 0. The highest BCUT2D eigenvalue weighted by molar-refractivity contribution is 8.00. The van der Waals surface area contributed by atoms with Crippen LogP contribution in [0.5, 0.6) is 0 Å². The van der Waals surface area contributed by atoms with Crippen LogP contribution in [0, 0.1) is 5.92 Å². The number of fused-ring (bicyclic) bond motifs is 1. The van der Waals surface area contributed by atoms with Crippen molar-refractivity contribution in [2.45, 2.75) is 24.0 Å². The Bertz CT molecular complexity index is 387. The van der Waals surface area contributed by atoms with E-state index >= 15 is 0 Å². The van der Waals surface area contributed by atoms with E-state index in [2.05, 4.69) is 19.2 Å². The van der Waals surface area contributed by atoms with Gasteiger partial charge < -0.3 is 10.4 Å². The summed E-state index contributed by atoms with van der Waals surface area (Å²) < 4.78 is 0. The maximum absolute atomic E-state index is 10.8. The Labute approximate surface area is 96.9 Å². The molecule has 0 bridgehead atoms. The number of rotatable bonds is 2. The molecule has 82 valence electrons. The number of carbonyl (C=O) groups is 1. The van der Waals surface area contributed by atoms with E-state index in [1.807, 2.05) is 0 Å².